The summed E-state index contributed by atoms with van der Waals surface area (Å²) in [6, 6.07) is 3.23. The monoisotopic (exact) mass is 215 g/mol. The Kier molecular flexibility index (Phi) is 3.75. The molecule has 4 heteroatoms. The molecule has 0 fully saturated rings. The fourth-order valence-electron chi connectivity index (χ4n) is 1.31. The molecule has 0 heterocycles. The van der Waals surface area contributed by atoms with E-state index in [4.69, 9.17) is 17.3 Å². The van der Waals surface area contributed by atoms with E-state index >= 15 is 0 Å². The smallest absolute Gasteiger partial charge is 0.122 e. The first-order valence-electron chi connectivity index (χ1n) is 4.44. The molecule has 1 aromatic carbocycles. The number of aliphatic hydroxyl groups excluding tert-OH is 1. The van der Waals surface area contributed by atoms with E-state index in [1.807, 2.05) is 6.92 Å². The standard InChI is InChI=1S/C10H14ClNO2/c1-6-2-3-7(13)9(10(6)11)8(14)4-5-12/h2-3,8,13-14H,4-5,12H2,1H3. The van der Waals surface area contributed by atoms with Crippen molar-refractivity contribution in [2.45, 2.75) is 19.4 Å². The fraction of sp³-hybridized carbons (Fsp3) is 0.400. The molecular weight excluding hydrogens is 202 g/mol. The molecule has 0 amide bonds. The number of benzene rings is 1. The first kappa shape index (κ1) is 11.3. The Morgan fingerprint density at radius 3 is 2.71 bits per heavy atom. The first-order chi connectivity index (χ1) is 6.57. The minimum absolute atomic E-state index is 0.0153. The van der Waals surface area contributed by atoms with Crippen LogP contribution in [-0.4, -0.2) is 16.8 Å². The Morgan fingerprint density at radius 1 is 1.50 bits per heavy atom. The lowest BCUT2D eigenvalue weighted by Crippen LogP contribution is -2.07. The van der Waals surface area contributed by atoms with E-state index in [-0.39, 0.29) is 5.75 Å². The van der Waals surface area contributed by atoms with E-state index in [1.165, 1.54) is 6.07 Å². The van der Waals surface area contributed by atoms with Gasteiger partial charge in [-0.3, -0.25) is 0 Å². The van der Waals surface area contributed by atoms with Crippen LogP contribution in [0, 0.1) is 6.92 Å². The van der Waals surface area contributed by atoms with Gasteiger partial charge < -0.3 is 15.9 Å². The molecule has 0 aromatic heterocycles. The SMILES string of the molecule is Cc1ccc(O)c(C(O)CCN)c1Cl. The molecule has 0 aliphatic rings. The Morgan fingerprint density at radius 2 is 2.14 bits per heavy atom. The van der Waals surface area contributed by atoms with Crippen molar-refractivity contribution < 1.29 is 10.2 Å². The number of phenolic OH excluding ortho intramolecular Hbond substituents is 1. The highest BCUT2D eigenvalue weighted by Crippen LogP contribution is 2.34. The van der Waals surface area contributed by atoms with Gasteiger partial charge >= 0.3 is 0 Å². The Balaban J connectivity index is 3.11. The van der Waals surface area contributed by atoms with Gasteiger partial charge in [0.1, 0.15) is 5.75 Å². The van der Waals surface area contributed by atoms with Gasteiger partial charge in [-0.2, -0.15) is 0 Å². The molecule has 1 unspecified atom stereocenters. The first-order valence-corrected chi connectivity index (χ1v) is 4.81. The number of aryl methyl sites for hydroxylation is 1. The Hall–Kier alpha value is -0.770. The molecule has 0 bridgehead atoms. The van der Waals surface area contributed by atoms with Crippen LogP contribution in [0.1, 0.15) is 23.7 Å². The number of aliphatic hydroxyl groups is 1. The summed E-state index contributed by atoms with van der Waals surface area (Å²) in [7, 11) is 0. The molecular formula is C10H14ClNO2. The molecule has 0 aliphatic heterocycles. The summed E-state index contributed by atoms with van der Waals surface area (Å²) in [6.07, 6.45) is -0.413. The third kappa shape index (κ3) is 2.18. The average Bonchev–Trinajstić information content (AvgIpc) is 2.13. The molecule has 0 spiro atoms. The summed E-state index contributed by atoms with van der Waals surface area (Å²) in [5, 5.41) is 19.6. The molecule has 4 N–H and O–H groups in total. The van der Waals surface area contributed by atoms with Gasteiger partial charge in [-0.1, -0.05) is 17.7 Å². The van der Waals surface area contributed by atoms with E-state index in [1.54, 1.807) is 6.07 Å². The summed E-state index contributed by atoms with van der Waals surface area (Å²) in [5.41, 5.74) is 6.52. The van der Waals surface area contributed by atoms with Crippen LogP contribution in [0.2, 0.25) is 5.02 Å². The van der Waals surface area contributed by atoms with Gasteiger partial charge in [0.2, 0.25) is 0 Å². The van der Waals surface area contributed by atoms with Crippen LogP contribution in [0.5, 0.6) is 5.75 Å². The van der Waals surface area contributed by atoms with Crippen molar-refractivity contribution in [3.63, 3.8) is 0 Å². The molecule has 1 rings (SSSR count). The molecule has 0 aliphatic carbocycles. The molecule has 78 valence electrons. The lowest BCUT2D eigenvalue weighted by Gasteiger charge is -2.14. The van der Waals surface area contributed by atoms with Crippen molar-refractivity contribution in [2.24, 2.45) is 5.73 Å². The molecule has 1 atom stereocenters. The summed E-state index contributed by atoms with van der Waals surface area (Å²) < 4.78 is 0. The number of rotatable bonds is 3. The van der Waals surface area contributed by atoms with Gasteiger partial charge in [0.15, 0.2) is 0 Å². The largest absolute Gasteiger partial charge is 0.508 e. The molecule has 1 aromatic rings. The topological polar surface area (TPSA) is 66.5 Å². The molecule has 14 heavy (non-hydrogen) atoms. The lowest BCUT2D eigenvalue weighted by molar-refractivity contribution is 0.166. The Bertz CT molecular complexity index is 328. The third-order valence-electron chi connectivity index (χ3n) is 2.12. The minimum atomic E-state index is -0.799. The lowest BCUT2D eigenvalue weighted by atomic mass is 10.0. The van der Waals surface area contributed by atoms with E-state index < -0.39 is 6.10 Å². The molecule has 0 saturated heterocycles. The van der Waals surface area contributed by atoms with Gasteiger partial charge in [0.05, 0.1) is 11.1 Å². The second kappa shape index (κ2) is 4.64. The predicted octanol–water partition coefficient (Wildman–Crippen LogP) is 1.74. The van der Waals surface area contributed by atoms with Crippen molar-refractivity contribution in [3.8, 4) is 5.75 Å². The summed E-state index contributed by atoms with van der Waals surface area (Å²) in [4.78, 5) is 0. The quantitative estimate of drug-likeness (QED) is 0.720. The normalized spacial score (nSPS) is 12.9. The van der Waals surface area contributed by atoms with E-state index in [0.717, 1.165) is 5.56 Å². The van der Waals surface area contributed by atoms with Gasteiger partial charge in [0, 0.05) is 5.56 Å². The van der Waals surface area contributed by atoms with Gasteiger partial charge in [-0.05, 0) is 31.5 Å². The third-order valence-corrected chi connectivity index (χ3v) is 2.62. The van der Waals surface area contributed by atoms with Gasteiger partial charge in [-0.15, -0.1) is 0 Å². The van der Waals surface area contributed by atoms with Gasteiger partial charge in [0.25, 0.3) is 0 Å². The average molecular weight is 216 g/mol. The van der Waals surface area contributed by atoms with Crippen molar-refractivity contribution in [2.75, 3.05) is 6.54 Å². The number of nitrogens with two attached hydrogens (primary N) is 1. The van der Waals surface area contributed by atoms with Crippen LogP contribution in [0.4, 0.5) is 0 Å². The van der Waals surface area contributed by atoms with Crippen molar-refractivity contribution in [1.29, 1.82) is 0 Å². The number of aromatic hydroxyl groups is 1. The minimum Gasteiger partial charge on any atom is -0.508 e. The van der Waals surface area contributed by atoms with Crippen LogP contribution in [0.25, 0.3) is 0 Å². The maximum atomic E-state index is 9.68. The summed E-state index contributed by atoms with van der Waals surface area (Å²) in [5.74, 6) is 0.0153. The molecule has 3 nitrogen and oxygen atoms in total. The van der Waals surface area contributed by atoms with Crippen LogP contribution in [0.15, 0.2) is 12.1 Å². The number of hydrogen-bond donors (Lipinski definition) is 3. The van der Waals surface area contributed by atoms with E-state index in [9.17, 15) is 10.2 Å². The van der Waals surface area contributed by atoms with E-state index in [2.05, 4.69) is 0 Å². The zero-order chi connectivity index (χ0) is 10.7. The highest BCUT2D eigenvalue weighted by atomic mass is 35.5. The van der Waals surface area contributed by atoms with Crippen LogP contribution in [0.3, 0.4) is 0 Å². The van der Waals surface area contributed by atoms with E-state index in [0.29, 0.717) is 23.6 Å². The second-order valence-corrected chi connectivity index (χ2v) is 3.60. The Labute approximate surface area is 88.1 Å². The van der Waals surface area contributed by atoms with Crippen molar-refractivity contribution in [3.05, 3.63) is 28.3 Å². The highest BCUT2D eigenvalue weighted by molar-refractivity contribution is 6.32. The maximum Gasteiger partial charge on any atom is 0.122 e. The van der Waals surface area contributed by atoms with Crippen LogP contribution < -0.4 is 5.73 Å². The van der Waals surface area contributed by atoms with Crippen molar-refractivity contribution >= 4 is 11.6 Å². The summed E-state index contributed by atoms with van der Waals surface area (Å²) in [6.45, 7) is 2.17. The number of halogens is 1. The zero-order valence-electron chi connectivity index (χ0n) is 8.00. The number of phenols is 1. The summed E-state index contributed by atoms with van der Waals surface area (Å²) >= 11 is 5.97. The van der Waals surface area contributed by atoms with Crippen molar-refractivity contribution in [1.82, 2.24) is 0 Å². The molecule has 0 radical (unpaired) electrons. The van der Waals surface area contributed by atoms with Crippen LogP contribution >= 0.6 is 11.6 Å². The number of hydrogen-bond acceptors (Lipinski definition) is 3. The maximum absolute atomic E-state index is 9.68. The predicted molar refractivity (Wildman–Crippen MR) is 56.5 cm³/mol. The second-order valence-electron chi connectivity index (χ2n) is 3.22. The highest BCUT2D eigenvalue weighted by Gasteiger charge is 2.16. The van der Waals surface area contributed by atoms with Crippen LogP contribution in [-0.2, 0) is 0 Å². The zero-order valence-corrected chi connectivity index (χ0v) is 8.75. The molecule has 0 saturated carbocycles. The van der Waals surface area contributed by atoms with Gasteiger partial charge in [-0.25, -0.2) is 0 Å². The fourth-order valence-corrected chi connectivity index (χ4v) is 1.60.